The number of rotatable bonds is 1. The van der Waals surface area contributed by atoms with E-state index < -0.39 is 0 Å². The highest BCUT2D eigenvalue weighted by atomic mass is 15.0. The SMILES string of the molecule is CNC12C=CC(C)(CC1)C1CNCC12. The number of hydrogen-bond donors (Lipinski definition) is 2. The van der Waals surface area contributed by atoms with Gasteiger partial charge in [0.25, 0.3) is 0 Å². The third-order valence-corrected chi connectivity index (χ3v) is 5.03. The van der Waals surface area contributed by atoms with Gasteiger partial charge >= 0.3 is 0 Å². The van der Waals surface area contributed by atoms with Gasteiger partial charge in [-0.3, -0.25) is 0 Å². The molecule has 2 nitrogen and oxygen atoms in total. The lowest BCUT2D eigenvalue weighted by molar-refractivity contribution is 0.0518. The topological polar surface area (TPSA) is 24.1 Å². The Hall–Kier alpha value is -0.340. The van der Waals surface area contributed by atoms with E-state index in [0.717, 1.165) is 11.8 Å². The van der Waals surface area contributed by atoms with Crippen molar-refractivity contribution in [3.63, 3.8) is 0 Å². The van der Waals surface area contributed by atoms with Gasteiger partial charge in [-0.2, -0.15) is 0 Å². The molecule has 4 unspecified atom stereocenters. The molecule has 2 heteroatoms. The molecule has 0 spiro atoms. The monoisotopic (exact) mass is 192 g/mol. The van der Waals surface area contributed by atoms with Crippen LogP contribution in [-0.2, 0) is 0 Å². The van der Waals surface area contributed by atoms with Crippen molar-refractivity contribution < 1.29 is 0 Å². The van der Waals surface area contributed by atoms with E-state index in [1.165, 1.54) is 25.9 Å². The molecule has 1 heterocycles. The Kier molecular flexibility index (Phi) is 1.67. The molecule has 4 atom stereocenters. The zero-order valence-corrected chi connectivity index (χ0v) is 9.14. The highest BCUT2D eigenvalue weighted by Crippen LogP contribution is 2.55. The molecule has 2 bridgehead atoms. The maximum Gasteiger partial charge on any atom is 0.0406 e. The van der Waals surface area contributed by atoms with Crippen molar-refractivity contribution in [2.24, 2.45) is 17.3 Å². The summed E-state index contributed by atoms with van der Waals surface area (Å²) in [5.41, 5.74) is 0.790. The van der Waals surface area contributed by atoms with Gasteiger partial charge in [-0.15, -0.1) is 0 Å². The van der Waals surface area contributed by atoms with Gasteiger partial charge in [-0.25, -0.2) is 0 Å². The Balaban J connectivity index is 2.07. The molecule has 1 aliphatic heterocycles. The highest BCUT2D eigenvalue weighted by Gasteiger charge is 2.56. The molecule has 1 saturated carbocycles. The Morgan fingerprint density at radius 2 is 2.00 bits per heavy atom. The quantitative estimate of drug-likeness (QED) is 0.609. The highest BCUT2D eigenvalue weighted by molar-refractivity contribution is 5.27. The lowest BCUT2D eigenvalue weighted by Crippen LogP contribution is -2.60. The number of likely N-dealkylation sites (N-methyl/N-ethyl adjacent to an activating group) is 1. The number of fused-ring (bicyclic) bond motifs is 1. The summed E-state index contributed by atoms with van der Waals surface area (Å²) in [6.07, 6.45) is 7.60. The van der Waals surface area contributed by atoms with E-state index in [2.05, 4.69) is 36.8 Å². The van der Waals surface area contributed by atoms with E-state index in [9.17, 15) is 0 Å². The van der Waals surface area contributed by atoms with Crippen LogP contribution in [0.25, 0.3) is 0 Å². The first kappa shape index (κ1) is 8.93. The summed E-state index contributed by atoms with van der Waals surface area (Å²) in [7, 11) is 2.12. The minimum Gasteiger partial charge on any atom is -0.316 e. The predicted molar refractivity (Wildman–Crippen MR) is 58.1 cm³/mol. The maximum absolute atomic E-state index is 3.57. The zero-order valence-electron chi connectivity index (χ0n) is 9.14. The van der Waals surface area contributed by atoms with Gasteiger partial charge in [-0.05, 0) is 43.7 Å². The van der Waals surface area contributed by atoms with Crippen LogP contribution in [0.5, 0.6) is 0 Å². The Bertz CT molecular complexity index is 286. The third kappa shape index (κ3) is 0.887. The molecule has 1 saturated heterocycles. The van der Waals surface area contributed by atoms with E-state index >= 15 is 0 Å². The lowest BCUT2D eigenvalue weighted by Gasteiger charge is -2.55. The predicted octanol–water partition coefficient (Wildman–Crippen LogP) is 1.15. The molecule has 78 valence electrons. The number of nitrogens with one attached hydrogen (secondary N) is 2. The van der Waals surface area contributed by atoms with E-state index in [0.29, 0.717) is 11.0 Å². The van der Waals surface area contributed by atoms with Crippen LogP contribution in [-0.4, -0.2) is 25.7 Å². The Morgan fingerprint density at radius 3 is 2.64 bits per heavy atom. The second kappa shape index (κ2) is 2.61. The molecule has 4 aliphatic rings. The lowest BCUT2D eigenvalue weighted by atomic mass is 9.53. The van der Waals surface area contributed by atoms with Crippen molar-refractivity contribution in [1.29, 1.82) is 0 Å². The van der Waals surface area contributed by atoms with Crippen LogP contribution < -0.4 is 10.6 Å². The van der Waals surface area contributed by atoms with Gasteiger partial charge in [0.2, 0.25) is 0 Å². The van der Waals surface area contributed by atoms with Gasteiger partial charge in [0.05, 0.1) is 0 Å². The average Bonchev–Trinajstić information content (AvgIpc) is 2.70. The van der Waals surface area contributed by atoms with Crippen molar-refractivity contribution in [2.75, 3.05) is 20.1 Å². The van der Waals surface area contributed by atoms with E-state index in [-0.39, 0.29) is 0 Å². The van der Waals surface area contributed by atoms with E-state index in [1.807, 2.05) is 0 Å². The molecule has 3 aliphatic carbocycles. The molecular formula is C12H20N2. The van der Waals surface area contributed by atoms with Crippen molar-refractivity contribution in [3.05, 3.63) is 12.2 Å². The van der Waals surface area contributed by atoms with Crippen molar-refractivity contribution >= 4 is 0 Å². The Morgan fingerprint density at radius 1 is 1.21 bits per heavy atom. The summed E-state index contributed by atoms with van der Waals surface area (Å²) < 4.78 is 0. The second-order valence-corrected chi connectivity index (χ2v) is 5.50. The molecule has 4 rings (SSSR count). The van der Waals surface area contributed by atoms with E-state index in [1.54, 1.807) is 0 Å². The minimum absolute atomic E-state index is 0.311. The molecule has 0 aromatic carbocycles. The standard InChI is InChI=1S/C12H20N2/c1-11-3-5-12(13-2,6-4-11)10-8-14-7-9(10)11/h3,5,9-10,13-14H,4,6-8H2,1-2H3. The first-order valence-electron chi connectivity index (χ1n) is 5.80. The van der Waals surface area contributed by atoms with Gasteiger partial charge < -0.3 is 10.6 Å². The molecule has 2 fully saturated rings. The fraction of sp³-hybridized carbons (Fsp3) is 0.833. The molecule has 2 N–H and O–H groups in total. The fourth-order valence-electron chi connectivity index (χ4n) is 3.91. The van der Waals surface area contributed by atoms with Gasteiger partial charge in [0.15, 0.2) is 0 Å². The second-order valence-electron chi connectivity index (χ2n) is 5.50. The number of allylic oxidation sites excluding steroid dienone is 1. The van der Waals surface area contributed by atoms with Crippen LogP contribution in [0, 0.1) is 17.3 Å². The molecule has 0 amide bonds. The van der Waals surface area contributed by atoms with Crippen LogP contribution in [0.4, 0.5) is 0 Å². The maximum atomic E-state index is 3.57. The molecule has 14 heavy (non-hydrogen) atoms. The summed E-state index contributed by atoms with van der Waals surface area (Å²) in [5, 5.41) is 7.14. The van der Waals surface area contributed by atoms with Gasteiger partial charge in [-0.1, -0.05) is 19.1 Å². The zero-order chi connectivity index (χ0) is 9.81. The number of hydrogen-bond acceptors (Lipinski definition) is 2. The van der Waals surface area contributed by atoms with Crippen LogP contribution in [0.15, 0.2) is 12.2 Å². The van der Waals surface area contributed by atoms with Gasteiger partial charge in [0.1, 0.15) is 0 Å². The fourth-order valence-corrected chi connectivity index (χ4v) is 3.91. The first-order chi connectivity index (χ1) is 6.70. The van der Waals surface area contributed by atoms with Crippen LogP contribution in [0.2, 0.25) is 0 Å². The van der Waals surface area contributed by atoms with Crippen LogP contribution in [0.1, 0.15) is 19.8 Å². The van der Waals surface area contributed by atoms with Crippen molar-refractivity contribution in [1.82, 2.24) is 10.6 Å². The molecule has 0 aromatic heterocycles. The van der Waals surface area contributed by atoms with Crippen LogP contribution >= 0.6 is 0 Å². The average molecular weight is 192 g/mol. The Labute approximate surface area is 86.1 Å². The minimum atomic E-state index is 0.311. The summed E-state index contributed by atoms with van der Waals surface area (Å²) >= 11 is 0. The van der Waals surface area contributed by atoms with Crippen molar-refractivity contribution in [2.45, 2.75) is 25.3 Å². The normalized spacial score (nSPS) is 55.0. The molecular weight excluding hydrogens is 172 g/mol. The van der Waals surface area contributed by atoms with Gasteiger partial charge in [0, 0.05) is 12.1 Å². The smallest absolute Gasteiger partial charge is 0.0406 e. The summed E-state index contributed by atoms with van der Waals surface area (Å²) in [5.74, 6) is 1.67. The largest absolute Gasteiger partial charge is 0.316 e. The third-order valence-electron chi connectivity index (χ3n) is 5.03. The first-order valence-corrected chi connectivity index (χ1v) is 5.80. The summed E-state index contributed by atoms with van der Waals surface area (Å²) in [4.78, 5) is 0. The van der Waals surface area contributed by atoms with E-state index in [4.69, 9.17) is 0 Å². The summed E-state index contributed by atoms with van der Waals surface area (Å²) in [6.45, 7) is 4.85. The molecule has 0 aromatic rings. The molecule has 0 radical (unpaired) electrons. The van der Waals surface area contributed by atoms with Crippen molar-refractivity contribution in [3.8, 4) is 0 Å². The summed E-state index contributed by atoms with van der Waals surface area (Å²) in [6, 6.07) is 0. The van der Waals surface area contributed by atoms with Crippen LogP contribution in [0.3, 0.4) is 0 Å².